The number of hydrogen-bond donors (Lipinski definition) is 3. The number of rotatable bonds is 4. The van der Waals surface area contributed by atoms with Crippen LogP contribution in [0.2, 0.25) is 0 Å². The number of benzene rings is 1. The molecule has 8 heteroatoms. The number of nitrogens with one attached hydrogen (secondary N) is 1. The van der Waals surface area contributed by atoms with E-state index in [4.69, 9.17) is 10.9 Å². The van der Waals surface area contributed by atoms with Crippen molar-refractivity contribution in [1.29, 1.82) is 0 Å². The number of nitrogens with zero attached hydrogens (tertiary/aromatic N) is 2. The second-order valence-electron chi connectivity index (χ2n) is 4.22. The summed E-state index contributed by atoms with van der Waals surface area (Å²) in [6, 6.07) is 5.70. The smallest absolute Gasteiger partial charge is 0.241 e. The summed E-state index contributed by atoms with van der Waals surface area (Å²) in [6.45, 7) is 1.49. The maximum atomic E-state index is 12.4. The Morgan fingerprint density at radius 2 is 2.20 bits per heavy atom. The summed E-state index contributed by atoms with van der Waals surface area (Å²) < 4.78 is 27.1. The number of hydrogen-bond acceptors (Lipinski definition) is 5. The highest BCUT2D eigenvalue weighted by Gasteiger charge is 2.21. The Morgan fingerprint density at radius 3 is 2.90 bits per heavy atom. The molecule has 0 aliphatic carbocycles. The van der Waals surface area contributed by atoms with Crippen molar-refractivity contribution < 1.29 is 13.6 Å². The number of oxime groups is 1. The van der Waals surface area contributed by atoms with Gasteiger partial charge in [-0.05, 0) is 19.1 Å². The van der Waals surface area contributed by atoms with Crippen molar-refractivity contribution in [3.8, 4) is 0 Å². The molecule has 0 bridgehead atoms. The van der Waals surface area contributed by atoms with Crippen molar-refractivity contribution in [2.45, 2.75) is 17.9 Å². The molecule has 1 unspecified atom stereocenters. The van der Waals surface area contributed by atoms with E-state index in [1.165, 1.54) is 19.2 Å². The molecular formula is C12H14N4O3S. The molecule has 0 fully saturated rings. The lowest BCUT2D eigenvalue weighted by atomic mass is 10.2. The highest BCUT2D eigenvalue weighted by atomic mass is 32.2. The van der Waals surface area contributed by atoms with E-state index in [0.717, 1.165) is 0 Å². The molecule has 0 radical (unpaired) electrons. The number of fused-ring (bicyclic) bond motifs is 1. The lowest BCUT2D eigenvalue weighted by Gasteiger charge is -2.14. The van der Waals surface area contributed by atoms with Crippen LogP contribution in [0.5, 0.6) is 0 Å². The normalized spacial score (nSPS) is 14.3. The van der Waals surface area contributed by atoms with Crippen molar-refractivity contribution >= 4 is 26.6 Å². The minimum absolute atomic E-state index is 0.120. The summed E-state index contributed by atoms with van der Waals surface area (Å²) in [6.07, 6.45) is 3.11. The number of amidine groups is 1. The number of nitrogens with two attached hydrogens (primary N) is 1. The lowest BCUT2D eigenvalue weighted by molar-refractivity contribution is 0.316. The average molecular weight is 294 g/mol. The van der Waals surface area contributed by atoms with Gasteiger partial charge in [-0.3, -0.25) is 4.98 Å². The average Bonchev–Trinajstić information content (AvgIpc) is 2.45. The Morgan fingerprint density at radius 1 is 1.45 bits per heavy atom. The lowest BCUT2D eigenvalue weighted by Crippen LogP contribution is -2.42. The Bertz CT molecular complexity index is 753. The zero-order chi connectivity index (χ0) is 14.8. The van der Waals surface area contributed by atoms with Crippen LogP contribution in [0.4, 0.5) is 0 Å². The molecule has 0 spiro atoms. The van der Waals surface area contributed by atoms with Crippen molar-refractivity contribution in [3.05, 3.63) is 36.7 Å². The first-order chi connectivity index (χ1) is 9.45. The van der Waals surface area contributed by atoms with Gasteiger partial charge in [0, 0.05) is 23.2 Å². The quantitative estimate of drug-likeness (QED) is 0.331. The third-order valence-corrected chi connectivity index (χ3v) is 4.42. The molecule has 1 heterocycles. The van der Waals surface area contributed by atoms with E-state index in [-0.39, 0.29) is 10.7 Å². The van der Waals surface area contributed by atoms with Gasteiger partial charge in [0.1, 0.15) is 0 Å². The van der Waals surface area contributed by atoms with Gasteiger partial charge in [0.05, 0.1) is 10.9 Å². The van der Waals surface area contributed by atoms with Gasteiger partial charge >= 0.3 is 0 Å². The standard InChI is InChI=1S/C12H14N4O3S/c1-8(12(13)15-17)16-20(18,19)11-4-2-3-9-7-14-6-5-10(9)11/h2-8,16-17H,1H3,(H2,13,15). The van der Waals surface area contributed by atoms with Crippen LogP contribution in [0, 0.1) is 0 Å². The van der Waals surface area contributed by atoms with E-state index < -0.39 is 16.1 Å². The second-order valence-corrected chi connectivity index (χ2v) is 5.90. The molecule has 1 aromatic carbocycles. The predicted octanol–water partition coefficient (Wildman–Crippen LogP) is 0.648. The van der Waals surface area contributed by atoms with Gasteiger partial charge in [-0.15, -0.1) is 0 Å². The molecule has 2 rings (SSSR count). The molecular weight excluding hydrogens is 280 g/mol. The van der Waals surface area contributed by atoms with Crippen molar-refractivity contribution in [2.75, 3.05) is 0 Å². The fourth-order valence-electron chi connectivity index (χ4n) is 1.77. The van der Waals surface area contributed by atoms with Crippen molar-refractivity contribution in [2.24, 2.45) is 10.9 Å². The maximum Gasteiger partial charge on any atom is 0.241 e. The van der Waals surface area contributed by atoms with E-state index in [1.807, 2.05) is 0 Å². The molecule has 2 aromatic rings. The molecule has 1 atom stereocenters. The minimum atomic E-state index is -3.79. The fourth-order valence-corrected chi connectivity index (χ4v) is 3.22. The summed E-state index contributed by atoms with van der Waals surface area (Å²) in [5.74, 6) is -0.213. The molecule has 0 saturated carbocycles. The van der Waals surface area contributed by atoms with Crippen LogP contribution in [-0.2, 0) is 10.0 Å². The summed E-state index contributed by atoms with van der Waals surface area (Å²) in [4.78, 5) is 4.07. The van der Waals surface area contributed by atoms with Gasteiger partial charge in [-0.1, -0.05) is 17.3 Å². The van der Waals surface area contributed by atoms with Crippen molar-refractivity contribution in [3.63, 3.8) is 0 Å². The molecule has 20 heavy (non-hydrogen) atoms. The minimum Gasteiger partial charge on any atom is -0.409 e. The van der Waals surface area contributed by atoms with Crippen LogP contribution < -0.4 is 10.5 Å². The SMILES string of the molecule is CC(NS(=O)(=O)c1cccc2cnccc12)/C(N)=N/O. The maximum absolute atomic E-state index is 12.4. The van der Waals surface area contributed by atoms with Crippen molar-refractivity contribution in [1.82, 2.24) is 9.71 Å². The van der Waals surface area contributed by atoms with Crippen LogP contribution in [0.1, 0.15) is 6.92 Å². The van der Waals surface area contributed by atoms with Crippen LogP contribution in [-0.4, -0.2) is 30.5 Å². The van der Waals surface area contributed by atoms with E-state index in [9.17, 15) is 8.42 Å². The Hall–Kier alpha value is -2.19. The van der Waals surface area contributed by atoms with Crippen LogP contribution >= 0.6 is 0 Å². The van der Waals surface area contributed by atoms with E-state index >= 15 is 0 Å². The Labute approximate surface area is 116 Å². The third kappa shape index (κ3) is 2.70. The summed E-state index contributed by atoms with van der Waals surface area (Å²) in [7, 11) is -3.79. The second kappa shape index (κ2) is 5.43. The first kappa shape index (κ1) is 14.2. The van der Waals surface area contributed by atoms with Gasteiger partial charge in [-0.2, -0.15) is 0 Å². The van der Waals surface area contributed by atoms with Gasteiger partial charge < -0.3 is 10.9 Å². The van der Waals surface area contributed by atoms with Gasteiger partial charge in [0.2, 0.25) is 10.0 Å². The molecule has 4 N–H and O–H groups in total. The monoisotopic (exact) mass is 294 g/mol. The van der Waals surface area contributed by atoms with Crippen LogP contribution in [0.25, 0.3) is 10.8 Å². The number of sulfonamides is 1. The zero-order valence-corrected chi connectivity index (χ0v) is 11.5. The van der Waals surface area contributed by atoms with E-state index in [0.29, 0.717) is 10.8 Å². The predicted molar refractivity (Wildman–Crippen MR) is 74.9 cm³/mol. The van der Waals surface area contributed by atoms with E-state index in [2.05, 4.69) is 14.9 Å². The molecule has 106 valence electrons. The van der Waals surface area contributed by atoms with Crippen LogP contribution in [0.15, 0.2) is 46.7 Å². The third-order valence-electron chi connectivity index (χ3n) is 2.82. The Kier molecular flexibility index (Phi) is 3.86. The molecule has 0 amide bonds. The highest BCUT2D eigenvalue weighted by Crippen LogP contribution is 2.21. The van der Waals surface area contributed by atoms with Gasteiger partial charge in [0.25, 0.3) is 0 Å². The molecule has 0 aliphatic rings. The first-order valence-corrected chi connectivity index (χ1v) is 7.26. The molecule has 1 aromatic heterocycles. The Balaban J connectivity index is 2.47. The zero-order valence-electron chi connectivity index (χ0n) is 10.7. The van der Waals surface area contributed by atoms with Gasteiger partial charge in [-0.25, -0.2) is 13.1 Å². The molecule has 0 saturated heterocycles. The summed E-state index contributed by atoms with van der Waals surface area (Å²) in [5, 5.41) is 12.6. The number of aromatic nitrogens is 1. The van der Waals surface area contributed by atoms with Gasteiger partial charge in [0.15, 0.2) is 5.84 Å². The largest absolute Gasteiger partial charge is 0.409 e. The molecule has 0 aliphatic heterocycles. The number of pyridine rings is 1. The fraction of sp³-hybridized carbons (Fsp3) is 0.167. The molecule has 7 nitrogen and oxygen atoms in total. The van der Waals surface area contributed by atoms with Crippen LogP contribution in [0.3, 0.4) is 0 Å². The summed E-state index contributed by atoms with van der Waals surface area (Å²) in [5.41, 5.74) is 5.38. The topological polar surface area (TPSA) is 118 Å². The highest BCUT2D eigenvalue weighted by molar-refractivity contribution is 7.89. The first-order valence-electron chi connectivity index (χ1n) is 5.78. The summed E-state index contributed by atoms with van der Waals surface area (Å²) >= 11 is 0. The van der Waals surface area contributed by atoms with E-state index in [1.54, 1.807) is 24.4 Å².